The SMILES string of the molecule is COCc1cccc(-n2cc(CNC(C)C)nn2)c1. The van der Waals surface area contributed by atoms with Crippen LogP contribution >= 0.6 is 0 Å². The Morgan fingerprint density at radius 2 is 2.21 bits per heavy atom. The van der Waals surface area contributed by atoms with Crippen molar-refractivity contribution >= 4 is 0 Å². The number of nitrogens with one attached hydrogen (secondary N) is 1. The van der Waals surface area contributed by atoms with Gasteiger partial charge in [0, 0.05) is 19.7 Å². The molecule has 0 spiro atoms. The molecule has 5 nitrogen and oxygen atoms in total. The number of hydrogen-bond acceptors (Lipinski definition) is 4. The third-order valence-corrected chi connectivity index (χ3v) is 2.72. The molecular formula is C14H20N4O. The highest BCUT2D eigenvalue weighted by atomic mass is 16.5. The van der Waals surface area contributed by atoms with Crippen LogP contribution in [-0.4, -0.2) is 28.1 Å². The standard InChI is InChI=1S/C14H20N4O/c1-11(2)15-8-13-9-18(17-16-13)14-6-4-5-12(7-14)10-19-3/h4-7,9,11,15H,8,10H2,1-3H3. The Balaban J connectivity index is 2.11. The molecule has 0 aliphatic carbocycles. The second-order valence-electron chi connectivity index (χ2n) is 4.79. The zero-order chi connectivity index (χ0) is 13.7. The minimum absolute atomic E-state index is 0.440. The number of rotatable bonds is 6. The van der Waals surface area contributed by atoms with Crippen LogP contribution in [0.1, 0.15) is 25.1 Å². The molecule has 0 amide bonds. The molecule has 1 heterocycles. The number of ether oxygens (including phenoxy) is 1. The van der Waals surface area contributed by atoms with E-state index in [1.54, 1.807) is 11.8 Å². The van der Waals surface area contributed by atoms with Crippen LogP contribution in [0.5, 0.6) is 0 Å². The molecule has 0 radical (unpaired) electrons. The molecule has 102 valence electrons. The van der Waals surface area contributed by atoms with Gasteiger partial charge in [-0.25, -0.2) is 4.68 Å². The van der Waals surface area contributed by atoms with Gasteiger partial charge in [0.05, 0.1) is 24.2 Å². The first-order chi connectivity index (χ1) is 9.19. The highest BCUT2D eigenvalue weighted by molar-refractivity contribution is 5.34. The maximum atomic E-state index is 5.13. The van der Waals surface area contributed by atoms with Crippen LogP contribution in [-0.2, 0) is 17.9 Å². The van der Waals surface area contributed by atoms with Gasteiger partial charge in [-0.2, -0.15) is 0 Å². The Labute approximate surface area is 113 Å². The monoisotopic (exact) mass is 260 g/mol. The van der Waals surface area contributed by atoms with Crippen molar-refractivity contribution in [2.45, 2.75) is 33.0 Å². The van der Waals surface area contributed by atoms with Gasteiger partial charge in [-0.1, -0.05) is 31.2 Å². The third-order valence-electron chi connectivity index (χ3n) is 2.72. The van der Waals surface area contributed by atoms with Crippen LogP contribution in [0.3, 0.4) is 0 Å². The fourth-order valence-corrected chi connectivity index (χ4v) is 1.77. The normalized spacial score (nSPS) is 11.2. The number of benzene rings is 1. The second kappa shape index (κ2) is 6.45. The maximum absolute atomic E-state index is 5.13. The molecule has 2 rings (SSSR count). The van der Waals surface area contributed by atoms with E-state index in [-0.39, 0.29) is 0 Å². The summed E-state index contributed by atoms with van der Waals surface area (Å²) in [6.45, 7) is 5.55. The zero-order valence-corrected chi connectivity index (χ0v) is 11.6. The van der Waals surface area contributed by atoms with E-state index in [1.165, 1.54) is 0 Å². The largest absolute Gasteiger partial charge is 0.380 e. The summed E-state index contributed by atoms with van der Waals surface area (Å²) in [6, 6.07) is 8.53. The zero-order valence-electron chi connectivity index (χ0n) is 11.6. The first-order valence-electron chi connectivity index (χ1n) is 6.42. The summed E-state index contributed by atoms with van der Waals surface area (Å²) in [5.74, 6) is 0. The van der Waals surface area contributed by atoms with E-state index >= 15 is 0 Å². The van der Waals surface area contributed by atoms with Gasteiger partial charge >= 0.3 is 0 Å². The van der Waals surface area contributed by atoms with Gasteiger partial charge in [-0.15, -0.1) is 5.10 Å². The van der Waals surface area contributed by atoms with Crippen molar-refractivity contribution in [3.8, 4) is 5.69 Å². The van der Waals surface area contributed by atoms with Crippen LogP contribution in [0.4, 0.5) is 0 Å². The Morgan fingerprint density at radius 1 is 1.37 bits per heavy atom. The summed E-state index contributed by atoms with van der Waals surface area (Å²) in [5.41, 5.74) is 3.06. The lowest BCUT2D eigenvalue weighted by Gasteiger charge is -2.05. The van der Waals surface area contributed by atoms with Gasteiger partial charge in [0.15, 0.2) is 0 Å². The van der Waals surface area contributed by atoms with E-state index in [9.17, 15) is 0 Å². The summed E-state index contributed by atoms with van der Waals surface area (Å²) in [7, 11) is 1.69. The van der Waals surface area contributed by atoms with E-state index in [0.717, 1.165) is 23.5 Å². The van der Waals surface area contributed by atoms with E-state index < -0.39 is 0 Å². The highest BCUT2D eigenvalue weighted by Gasteiger charge is 2.04. The summed E-state index contributed by atoms with van der Waals surface area (Å²) < 4.78 is 6.92. The smallest absolute Gasteiger partial charge is 0.0969 e. The molecule has 0 saturated heterocycles. The predicted molar refractivity (Wildman–Crippen MR) is 74.0 cm³/mol. The minimum atomic E-state index is 0.440. The van der Waals surface area contributed by atoms with E-state index in [0.29, 0.717) is 12.6 Å². The third kappa shape index (κ3) is 3.87. The molecule has 0 bridgehead atoms. The topological polar surface area (TPSA) is 52.0 Å². The molecule has 19 heavy (non-hydrogen) atoms. The van der Waals surface area contributed by atoms with Crippen molar-refractivity contribution in [3.63, 3.8) is 0 Å². The molecule has 1 N–H and O–H groups in total. The van der Waals surface area contributed by atoms with E-state index in [1.807, 2.05) is 24.4 Å². The minimum Gasteiger partial charge on any atom is -0.380 e. The van der Waals surface area contributed by atoms with Crippen LogP contribution in [0, 0.1) is 0 Å². The average Bonchev–Trinajstić information content (AvgIpc) is 2.86. The molecule has 2 aromatic rings. The lowest BCUT2D eigenvalue weighted by atomic mass is 10.2. The van der Waals surface area contributed by atoms with Gasteiger partial charge in [-0.05, 0) is 17.7 Å². The maximum Gasteiger partial charge on any atom is 0.0969 e. The van der Waals surface area contributed by atoms with Crippen molar-refractivity contribution < 1.29 is 4.74 Å². The average molecular weight is 260 g/mol. The fraction of sp³-hybridized carbons (Fsp3) is 0.429. The molecular weight excluding hydrogens is 240 g/mol. The Hall–Kier alpha value is -1.72. The molecule has 1 aromatic heterocycles. The summed E-state index contributed by atoms with van der Waals surface area (Å²) in [4.78, 5) is 0. The summed E-state index contributed by atoms with van der Waals surface area (Å²) in [6.07, 6.45) is 1.95. The van der Waals surface area contributed by atoms with Crippen molar-refractivity contribution in [2.75, 3.05) is 7.11 Å². The second-order valence-corrected chi connectivity index (χ2v) is 4.79. The van der Waals surface area contributed by atoms with Crippen LogP contribution in [0.2, 0.25) is 0 Å². The molecule has 5 heteroatoms. The Kier molecular flexibility index (Phi) is 4.65. The lowest BCUT2D eigenvalue weighted by Crippen LogP contribution is -2.21. The fourth-order valence-electron chi connectivity index (χ4n) is 1.77. The van der Waals surface area contributed by atoms with E-state index in [2.05, 4.69) is 35.5 Å². The number of methoxy groups -OCH3 is 1. The van der Waals surface area contributed by atoms with Crippen molar-refractivity contribution in [1.82, 2.24) is 20.3 Å². The quantitative estimate of drug-likeness (QED) is 0.862. The van der Waals surface area contributed by atoms with Gasteiger partial charge in [0.25, 0.3) is 0 Å². The van der Waals surface area contributed by atoms with Crippen LogP contribution < -0.4 is 5.32 Å². The van der Waals surface area contributed by atoms with E-state index in [4.69, 9.17) is 4.74 Å². The molecule has 0 aliphatic rings. The molecule has 1 aromatic carbocycles. The van der Waals surface area contributed by atoms with Gasteiger partial charge in [0.1, 0.15) is 0 Å². The summed E-state index contributed by atoms with van der Waals surface area (Å²) in [5, 5.41) is 11.6. The van der Waals surface area contributed by atoms with Gasteiger partial charge in [-0.3, -0.25) is 0 Å². The summed E-state index contributed by atoms with van der Waals surface area (Å²) >= 11 is 0. The van der Waals surface area contributed by atoms with Crippen molar-refractivity contribution in [3.05, 3.63) is 41.7 Å². The van der Waals surface area contributed by atoms with Crippen LogP contribution in [0.25, 0.3) is 5.69 Å². The molecule has 0 atom stereocenters. The molecule has 0 fully saturated rings. The number of hydrogen-bond donors (Lipinski definition) is 1. The number of nitrogens with zero attached hydrogens (tertiary/aromatic N) is 3. The van der Waals surface area contributed by atoms with Crippen molar-refractivity contribution in [1.29, 1.82) is 0 Å². The molecule has 0 saturated carbocycles. The van der Waals surface area contributed by atoms with Gasteiger partial charge < -0.3 is 10.1 Å². The molecule has 0 aliphatic heterocycles. The molecule has 0 unspecified atom stereocenters. The first-order valence-corrected chi connectivity index (χ1v) is 6.42. The van der Waals surface area contributed by atoms with Gasteiger partial charge in [0.2, 0.25) is 0 Å². The Morgan fingerprint density at radius 3 is 2.95 bits per heavy atom. The predicted octanol–water partition coefficient (Wildman–Crippen LogP) is 1.91. The lowest BCUT2D eigenvalue weighted by molar-refractivity contribution is 0.185. The first kappa shape index (κ1) is 13.7. The highest BCUT2D eigenvalue weighted by Crippen LogP contribution is 2.10. The Bertz CT molecular complexity index is 522. The van der Waals surface area contributed by atoms with Crippen LogP contribution in [0.15, 0.2) is 30.5 Å². The van der Waals surface area contributed by atoms with Crippen molar-refractivity contribution in [2.24, 2.45) is 0 Å². The number of aromatic nitrogens is 3.